The van der Waals surface area contributed by atoms with Crippen molar-refractivity contribution in [2.75, 3.05) is 0 Å². The Morgan fingerprint density at radius 2 is 1.56 bits per heavy atom. The van der Waals surface area contributed by atoms with Gasteiger partial charge in [0.25, 0.3) is 0 Å². The van der Waals surface area contributed by atoms with Gasteiger partial charge in [0.2, 0.25) is 0 Å². The molecule has 0 saturated carbocycles. The molecule has 0 bridgehead atoms. The van der Waals surface area contributed by atoms with E-state index in [0.29, 0.717) is 0 Å². The number of fused-ring (bicyclic) bond motifs is 1. The van der Waals surface area contributed by atoms with Crippen LogP contribution in [-0.2, 0) is 14.1 Å². The molecule has 0 fully saturated rings. The zero-order chi connectivity index (χ0) is 18.4. The number of nitrogens with zero attached hydrogens (tertiary/aromatic N) is 5. The number of aromatic nitrogens is 5. The zero-order valence-corrected chi connectivity index (χ0v) is 15.0. The molecule has 4 heterocycles. The van der Waals surface area contributed by atoms with Gasteiger partial charge in [-0.05, 0) is 29.3 Å². The molecule has 5 rings (SSSR count). The lowest BCUT2D eigenvalue weighted by Crippen LogP contribution is -1.86. The second-order valence-corrected chi connectivity index (χ2v) is 6.58. The standard InChI is InChI=1S/C21H17N5O/c1-25-11-16(9-22-25)14-4-3-5-15(8-14)18-13-27-20-7-6-19(24-21(18)20)17-10-23-26(2)12-17/h3-13H,1-2H3. The van der Waals surface area contributed by atoms with Crippen molar-refractivity contribution in [3.63, 3.8) is 0 Å². The number of rotatable bonds is 3. The highest BCUT2D eigenvalue weighted by molar-refractivity contribution is 5.92. The fourth-order valence-corrected chi connectivity index (χ4v) is 3.27. The Morgan fingerprint density at radius 1 is 0.815 bits per heavy atom. The summed E-state index contributed by atoms with van der Waals surface area (Å²) < 4.78 is 9.32. The van der Waals surface area contributed by atoms with Crippen LogP contribution in [0.3, 0.4) is 0 Å². The quantitative estimate of drug-likeness (QED) is 0.484. The van der Waals surface area contributed by atoms with Gasteiger partial charge in [-0.15, -0.1) is 0 Å². The topological polar surface area (TPSA) is 61.7 Å². The highest BCUT2D eigenvalue weighted by atomic mass is 16.3. The minimum atomic E-state index is 0.768. The minimum absolute atomic E-state index is 0.768. The monoisotopic (exact) mass is 355 g/mol. The van der Waals surface area contributed by atoms with Crippen LogP contribution in [0.1, 0.15) is 0 Å². The maximum Gasteiger partial charge on any atom is 0.153 e. The number of aryl methyl sites for hydroxylation is 2. The SMILES string of the molecule is Cn1cc(-c2cccc(-c3coc4ccc(-c5cnn(C)c5)nc34)c2)cn1. The number of hydrogen-bond acceptors (Lipinski definition) is 4. The highest BCUT2D eigenvalue weighted by Gasteiger charge is 2.13. The molecule has 27 heavy (non-hydrogen) atoms. The third-order valence-corrected chi connectivity index (χ3v) is 4.63. The molecular weight excluding hydrogens is 338 g/mol. The van der Waals surface area contributed by atoms with Crippen LogP contribution in [0.25, 0.3) is 44.6 Å². The van der Waals surface area contributed by atoms with Crippen molar-refractivity contribution in [2.24, 2.45) is 14.1 Å². The van der Waals surface area contributed by atoms with Crippen molar-refractivity contribution < 1.29 is 4.42 Å². The molecular formula is C21H17N5O. The van der Waals surface area contributed by atoms with Crippen LogP contribution in [0, 0.1) is 0 Å². The Labute approximate surface area is 155 Å². The smallest absolute Gasteiger partial charge is 0.153 e. The molecule has 0 spiro atoms. The van der Waals surface area contributed by atoms with Crippen molar-refractivity contribution in [1.29, 1.82) is 0 Å². The first-order valence-corrected chi connectivity index (χ1v) is 8.64. The molecule has 0 atom stereocenters. The molecule has 4 aromatic heterocycles. The highest BCUT2D eigenvalue weighted by Crippen LogP contribution is 2.33. The molecule has 0 N–H and O–H groups in total. The number of pyridine rings is 1. The molecule has 0 aliphatic rings. The Hall–Kier alpha value is -3.67. The van der Waals surface area contributed by atoms with Gasteiger partial charge in [-0.25, -0.2) is 4.98 Å². The van der Waals surface area contributed by atoms with Crippen LogP contribution < -0.4 is 0 Å². The van der Waals surface area contributed by atoms with Gasteiger partial charge >= 0.3 is 0 Å². The summed E-state index contributed by atoms with van der Waals surface area (Å²) in [4.78, 5) is 4.84. The zero-order valence-electron chi connectivity index (χ0n) is 15.0. The summed E-state index contributed by atoms with van der Waals surface area (Å²) >= 11 is 0. The van der Waals surface area contributed by atoms with E-state index in [2.05, 4.69) is 28.4 Å². The van der Waals surface area contributed by atoms with Gasteiger partial charge in [0.1, 0.15) is 11.8 Å². The molecule has 0 unspecified atom stereocenters. The summed E-state index contributed by atoms with van der Waals surface area (Å²) in [6.07, 6.45) is 9.41. The predicted octanol–water partition coefficient (Wildman–Crippen LogP) is 4.30. The van der Waals surface area contributed by atoms with E-state index >= 15 is 0 Å². The lowest BCUT2D eigenvalue weighted by Gasteiger charge is -2.03. The maximum atomic E-state index is 5.75. The van der Waals surface area contributed by atoms with Crippen molar-refractivity contribution in [2.45, 2.75) is 0 Å². The fourth-order valence-electron chi connectivity index (χ4n) is 3.27. The average molecular weight is 355 g/mol. The van der Waals surface area contributed by atoms with Crippen molar-refractivity contribution in [3.8, 4) is 33.5 Å². The van der Waals surface area contributed by atoms with E-state index in [9.17, 15) is 0 Å². The van der Waals surface area contributed by atoms with Gasteiger partial charge < -0.3 is 4.42 Å². The normalized spacial score (nSPS) is 11.3. The summed E-state index contributed by atoms with van der Waals surface area (Å²) in [5.41, 5.74) is 7.70. The van der Waals surface area contributed by atoms with Gasteiger partial charge in [-0.2, -0.15) is 10.2 Å². The molecule has 0 radical (unpaired) electrons. The molecule has 0 aliphatic carbocycles. The van der Waals surface area contributed by atoms with Crippen molar-refractivity contribution in [3.05, 3.63) is 67.4 Å². The van der Waals surface area contributed by atoms with Crippen LogP contribution in [0.15, 0.2) is 71.9 Å². The minimum Gasteiger partial charge on any atom is -0.462 e. The Balaban J connectivity index is 1.63. The molecule has 1 aromatic carbocycles. The van der Waals surface area contributed by atoms with Crippen LogP contribution in [0.5, 0.6) is 0 Å². The van der Waals surface area contributed by atoms with Gasteiger partial charge in [-0.1, -0.05) is 18.2 Å². The molecule has 0 saturated heterocycles. The summed E-state index contributed by atoms with van der Waals surface area (Å²) in [5, 5.41) is 8.49. The van der Waals surface area contributed by atoms with Gasteiger partial charge in [0.05, 0.1) is 18.1 Å². The Morgan fingerprint density at radius 3 is 2.30 bits per heavy atom. The molecule has 6 heteroatoms. The van der Waals surface area contributed by atoms with E-state index < -0.39 is 0 Å². The third-order valence-electron chi connectivity index (χ3n) is 4.63. The van der Waals surface area contributed by atoms with Crippen LogP contribution in [0.4, 0.5) is 0 Å². The van der Waals surface area contributed by atoms with E-state index in [4.69, 9.17) is 9.40 Å². The Kier molecular flexibility index (Phi) is 3.43. The van der Waals surface area contributed by atoms with E-state index in [1.807, 2.05) is 57.1 Å². The lowest BCUT2D eigenvalue weighted by molar-refractivity contribution is 0.616. The van der Waals surface area contributed by atoms with E-state index in [-0.39, 0.29) is 0 Å². The summed E-state index contributed by atoms with van der Waals surface area (Å²) in [6.45, 7) is 0. The predicted molar refractivity (Wildman–Crippen MR) is 104 cm³/mol. The second-order valence-electron chi connectivity index (χ2n) is 6.58. The van der Waals surface area contributed by atoms with E-state index in [0.717, 1.165) is 44.6 Å². The summed E-state index contributed by atoms with van der Waals surface area (Å²) in [7, 11) is 3.82. The van der Waals surface area contributed by atoms with Crippen LogP contribution >= 0.6 is 0 Å². The maximum absolute atomic E-state index is 5.75. The Bertz CT molecular complexity index is 1260. The first-order valence-electron chi connectivity index (χ1n) is 8.64. The number of hydrogen-bond donors (Lipinski definition) is 0. The molecule has 6 nitrogen and oxygen atoms in total. The van der Waals surface area contributed by atoms with Crippen molar-refractivity contribution in [1.82, 2.24) is 24.5 Å². The van der Waals surface area contributed by atoms with Crippen LogP contribution in [-0.4, -0.2) is 24.5 Å². The number of benzene rings is 1. The molecule has 132 valence electrons. The lowest BCUT2D eigenvalue weighted by atomic mass is 10.0. The summed E-state index contributed by atoms with van der Waals surface area (Å²) in [6, 6.07) is 12.2. The first-order chi connectivity index (χ1) is 13.2. The van der Waals surface area contributed by atoms with E-state index in [1.165, 1.54) is 0 Å². The third kappa shape index (κ3) is 2.71. The number of furan rings is 1. The molecule has 5 aromatic rings. The second kappa shape index (κ2) is 5.95. The fraction of sp³-hybridized carbons (Fsp3) is 0.0952. The first kappa shape index (κ1) is 15.6. The van der Waals surface area contributed by atoms with Gasteiger partial charge in [0.15, 0.2) is 5.58 Å². The molecule has 0 aliphatic heterocycles. The largest absolute Gasteiger partial charge is 0.462 e. The average Bonchev–Trinajstić information content (AvgIpc) is 3.41. The molecule has 0 amide bonds. The van der Waals surface area contributed by atoms with Crippen molar-refractivity contribution >= 4 is 11.1 Å². The summed E-state index contributed by atoms with van der Waals surface area (Å²) in [5.74, 6) is 0. The van der Waals surface area contributed by atoms with Gasteiger partial charge in [-0.3, -0.25) is 9.36 Å². The van der Waals surface area contributed by atoms with Crippen LogP contribution in [0.2, 0.25) is 0 Å². The van der Waals surface area contributed by atoms with E-state index in [1.54, 1.807) is 15.6 Å². The van der Waals surface area contributed by atoms with Gasteiger partial charge in [0, 0.05) is 43.2 Å².